The van der Waals surface area contributed by atoms with Gasteiger partial charge in [0.05, 0.1) is 12.7 Å². The molecule has 0 aromatic rings. The van der Waals surface area contributed by atoms with Crippen molar-refractivity contribution in [1.29, 1.82) is 0 Å². The van der Waals surface area contributed by atoms with Crippen LogP contribution in [0.1, 0.15) is 53.4 Å². The predicted octanol–water partition coefficient (Wildman–Crippen LogP) is 3.56. The number of hydrogen-bond donors (Lipinski definition) is 2. The molecule has 2 unspecified atom stereocenters. The molecule has 4 atom stereocenters. The molecular formula is C16H34O3Si. The van der Waals surface area contributed by atoms with Gasteiger partial charge in [-0.3, -0.25) is 0 Å². The molecule has 0 heterocycles. The van der Waals surface area contributed by atoms with Gasteiger partial charge in [-0.2, -0.15) is 0 Å². The van der Waals surface area contributed by atoms with Gasteiger partial charge in [0.2, 0.25) is 0 Å². The van der Waals surface area contributed by atoms with Crippen molar-refractivity contribution in [2.75, 3.05) is 6.61 Å². The van der Waals surface area contributed by atoms with Crippen LogP contribution in [0.5, 0.6) is 0 Å². The maximum Gasteiger partial charge on any atom is 0.192 e. The van der Waals surface area contributed by atoms with Gasteiger partial charge in [0.25, 0.3) is 0 Å². The highest BCUT2D eigenvalue weighted by atomic mass is 28.4. The van der Waals surface area contributed by atoms with Crippen LogP contribution in [0.4, 0.5) is 0 Å². The first-order valence-corrected chi connectivity index (χ1v) is 11.0. The lowest BCUT2D eigenvalue weighted by molar-refractivity contribution is -0.0176. The quantitative estimate of drug-likeness (QED) is 0.674. The van der Waals surface area contributed by atoms with E-state index >= 15 is 0 Å². The molecule has 1 aliphatic rings. The van der Waals surface area contributed by atoms with Gasteiger partial charge in [-0.1, -0.05) is 40.5 Å². The Kier molecular flexibility index (Phi) is 6.26. The Hall–Kier alpha value is 0.0969. The standard InChI is InChI=1S/C16H34O3Si/c1-7-8-12-9-13(12)10-14(17)15(18)11-19-20(5,6)16(2,3)4/h12-15,17-18H,7-11H2,1-6H3/t12?,13?,14-,15-/m0/s1. The van der Waals surface area contributed by atoms with E-state index < -0.39 is 20.5 Å². The third-order valence-electron chi connectivity index (χ3n) is 5.14. The summed E-state index contributed by atoms with van der Waals surface area (Å²) in [6, 6.07) is 0. The van der Waals surface area contributed by atoms with E-state index in [9.17, 15) is 10.2 Å². The summed E-state index contributed by atoms with van der Waals surface area (Å²) in [6.07, 6.45) is 3.05. The molecule has 20 heavy (non-hydrogen) atoms. The van der Waals surface area contributed by atoms with Crippen LogP contribution in [0.25, 0.3) is 0 Å². The molecule has 0 aliphatic heterocycles. The third-order valence-corrected chi connectivity index (χ3v) is 9.64. The van der Waals surface area contributed by atoms with Crippen molar-refractivity contribution in [1.82, 2.24) is 0 Å². The first-order valence-electron chi connectivity index (χ1n) is 8.08. The Morgan fingerprint density at radius 1 is 1.15 bits per heavy atom. The van der Waals surface area contributed by atoms with Crippen molar-refractivity contribution < 1.29 is 14.6 Å². The summed E-state index contributed by atoms with van der Waals surface area (Å²) in [5, 5.41) is 20.3. The average molecular weight is 303 g/mol. The molecule has 1 aliphatic carbocycles. The Balaban J connectivity index is 2.30. The van der Waals surface area contributed by atoms with Crippen LogP contribution in [0.3, 0.4) is 0 Å². The molecule has 3 nitrogen and oxygen atoms in total. The van der Waals surface area contributed by atoms with E-state index in [-0.39, 0.29) is 11.6 Å². The van der Waals surface area contributed by atoms with E-state index in [2.05, 4.69) is 40.8 Å². The van der Waals surface area contributed by atoms with Crippen LogP contribution in [0, 0.1) is 11.8 Å². The molecule has 1 saturated carbocycles. The van der Waals surface area contributed by atoms with Crippen LogP contribution < -0.4 is 0 Å². The molecule has 0 saturated heterocycles. The minimum atomic E-state index is -1.84. The summed E-state index contributed by atoms with van der Waals surface area (Å²) in [7, 11) is -1.84. The highest BCUT2D eigenvalue weighted by Gasteiger charge is 2.40. The lowest BCUT2D eigenvalue weighted by Crippen LogP contribution is -2.44. The molecule has 0 spiro atoms. The Morgan fingerprint density at radius 3 is 2.25 bits per heavy atom. The Labute approximate surface area is 125 Å². The molecule has 120 valence electrons. The fourth-order valence-electron chi connectivity index (χ4n) is 2.41. The van der Waals surface area contributed by atoms with E-state index in [4.69, 9.17) is 4.43 Å². The minimum Gasteiger partial charge on any atom is -0.414 e. The van der Waals surface area contributed by atoms with Gasteiger partial charge in [0.1, 0.15) is 6.10 Å². The number of aliphatic hydroxyl groups is 2. The van der Waals surface area contributed by atoms with E-state index in [1.807, 2.05) is 0 Å². The van der Waals surface area contributed by atoms with Crippen LogP contribution >= 0.6 is 0 Å². The van der Waals surface area contributed by atoms with E-state index in [0.717, 1.165) is 12.3 Å². The van der Waals surface area contributed by atoms with Crippen molar-refractivity contribution >= 4 is 8.32 Å². The second-order valence-electron chi connectivity index (χ2n) is 7.99. The lowest BCUT2D eigenvalue weighted by Gasteiger charge is -2.37. The fourth-order valence-corrected chi connectivity index (χ4v) is 3.43. The van der Waals surface area contributed by atoms with Crippen molar-refractivity contribution in [3.05, 3.63) is 0 Å². The summed E-state index contributed by atoms with van der Waals surface area (Å²) >= 11 is 0. The maximum atomic E-state index is 10.1. The number of aliphatic hydroxyl groups excluding tert-OH is 2. The number of rotatable bonds is 8. The molecule has 1 fully saturated rings. The second kappa shape index (κ2) is 6.90. The first-order chi connectivity index (χ1) is 9.08. The van der Waals surface area contributed by atoms with E-state index in [1.54, 1.807) is 0 Å². The highest BCUT2D eigenvalue weighted by Crippen LogP contribution is 2.45. The molecule has 0 aromatic heterocycles. The van der Waals surface area contributed by atoms with Gasteiger partial charge in [0.15, 0.2) is 8.32 Å². The first kappa shape index (κ1) is 18.1. The van der Waals surface area contributed by atoms with Crippen LogP contribution in [-0.4, -0.2) is 37.3 Å². The molecule has 1 rings (SSSR count). The highest BCUT2D eigenvalue weighted by molar-refractivity contribution is 6.74. The van der Waals surface area contributed by atoms with Gasteiger partial charge < -0.3 is 14.6 Å². The second-order valence-corrected chi connectivity index (χ2v) is 12.8. The largest absolute Gasteiger partial charge is 0.414 e. The van der Waals surface area contributed by atoms with Gasteiger partial charge >= 0.3 is 0 Å². The summed E-state index contributed by atoms with van der Waals surface area (Å²) in [5.74, 6) is 1.40. The third kappa shape index (κ3) is 5.13. The smallest absolute Gasteiger partial charge is 0.192 e. The van der Waals surface area contributed by atoms with E-state index in [0.29, 0.717) is 5.92 Å². The topological polar surface area (TPSA) is 49.7 Å². The molecule has 0 aromatic carbocycles. The molecular weight excluding hydrogens is 268 g/mol. The van der Waals surface area contributed by atoms with Crippen LogP contribution in [0.2, 0.25) is 18.1 Å². The minimum absolute atomic E-state index is 0.139. The molecule has 0 bridgehead atoms. The summed E-state index contributed by atoms with van der Waals surface area (Å²) in [4.78, 5) is 0. The molecule has 2 N–H and O–H groups in total. The average Bonchev–Trinajstić information content (AvgIpc) is 3.03. The zero-order valence-electron chi connectivity index (χ0n) is 14.1. The van der Waals surface area contributed by atoms with E-state index in [1.165, 1.54) is 19.3 Å². The fraction of sp³-hybridized carbons (Fsp3) is 1.00. The van der Waals surface area contributed by atoms with Gasteiger partial charge in [0, 0.05) is 0 Å². The monoisotopic (exact) mass is 302 g/mol. The van der Waals surface area contributed by atoms with Crippen molar-refractivity contribution in [2.24, 2.45) is 11.8 Å². The summed E-state index contributed by atoms with van der Waals surface area (Å²) in [5.41, 5.74) is 0. The van der Waals surface area contributed by atoms with Crippen LogP contribution in [0.15, 0.2) is 0 Å². The number of hydrogen-bond acceptors (Lipinski definition) is 3. The summed E-state index contributed by atoms with van der Waals surface area (Å²) in [6.45, 7) is 13.4. The van der Waals surface area contributed by atoms with Crippen molar-refractivity contribution in [3.8, 4) is 0 Å². The van der Waals surface area contributed by atoms with Crippen molar-refractivity contribution in [2.45, 2.75) is 83.7 Å². The zero-order chi connectivity index (χ0) is 15.6. The van der Waals surface area contributed by atoms with Gasteiger partial charge in [-0.15, -0.1) is 0 Å². The molecule has 4 heteroatoms. The normalized spacial score (nSPS) is 26.4. The maximum absolute atomic E-state index is 10.1. The zero-order valence-corrected chi connectivity index (χ0v) is 15.1. The Bertz CT molecular complexity index is 299. The predicted molar refractivity (Wildman–Crippen MR) is 86.3 cm³/mol. The van der Waals surface area contributed by atoms with Crippen LogP contribution in [-0.2, 0) is 4.43 Å². The Morgan fingerprint density at radius 2 is 1.75 bits per heavy atom. The SMILES string of the molecule is CCCC1CC1C[C@H](O)[C@@H](O)CO[Si](C)(C)C(C)(C)C. The molecule has 0 radical (unpaired) electrons. The lowest BCUT2D eigenvalue weighted by atomic mass is 10.1. The van der Waals surface area contributed by atoms with Gasteiger partial charge in [-0.25, -0.2) is 0 Å². The summed E-state index contributed by atoms with van der Waals surface area (Å²) < 4.78 is 5.98. The van der Waals surface area contributed by atoms with Crippen molar-refractivity contribution in [3.63, 3.8) is 0 Å². The van der Waals surface area contributed by atoms with Gasteiger partial charge in [-0.05, 0) is 42.8 Å². The molecule has 0 amide bonds.